The number of nitrogens with two attached hydrogens (primary N) is 1. The van der Waals surface area contributed by atoms with Gasteiger partial charge in [0.25, 0.3) is 0 Å². The minimum absolute atomic E-state index is 0.345. The lowest BCUT2D eigenvalue weighted by Gasteiger charge is -2.06. The molecule has 0 aliphatic carbocycles. The molecule has 0 spiro atoms. The van der Waals surface area contributed by atoms with E-state index in [1.807, 2.05) is 14.0 Å². The Balaban J connectivity index is 2.66. The first-order valence-electron chi connectivity index (χ1n) is 5.35. The molecule has 0 radical (unpaired) electrons. The number of nitrogen functional groups attached to an aromatic ring is 1. The maximum atomic E-state index is 6.03. The summed E-state index contributed by atoms with van der Waals surface area (Å²) in [5, 5.41) is 11.4. The Hall–Kier alpha value is -1.78. The third-order valence-corrected chi connectivity index (χ3v) is 2.79. The lowest BCUT2D eigenvalue weighted by molar-refractivity contribution is 0.779. The molecule has 0 amide bonds. The molecule has 86 valence electrons. The van der Waals surface area contributed by atoms with Crippen LogP contribution in [-0.4, -0.2) is 20.0 Å². The highest BCUT2D eigenvalue weighted by Crippen LogP contribution is 2.33. The number of hydrogen-bond acceptors (Lipinski definition) is 3. The first kappa shape index (κ1) is 10.7. The predicted molar refractivity (Wildman–Crippen MR) is 64.0 cm³/mol. The van der Waals surface area contributed by atoms with Gasteiger partial charge in [-0.1, -0.05) is 13.8 Å². The molecule has 0 bridgehead atoms. The quantitative estimate of drug-likeness (QED) is 0.809. The van der Waals surface area contributed by atoms with Crippen molar-refractivity contribution in [3.8, 4) is 11.3 Å². The van der Waals surface area contributed by atoms with E-state index in [1.54, 1.807) is 10.9 Å². The molecule has 2 rings (SSSR count). The number of nitrogens with zero attached hydrogens (tertiary/aromatic N) is 3. The van der Waals surface area contributed by atoms with Gasteiger partial charge in [0.2, 0.25) is 0 Å². The van der Waals surface area contributed by atoms with E-state index < -0.39 is 0 Å². The number of aromatic amines is 1. The van der Waals surface area contributed by atoms with Gasteiger partial charge in [0.15, 0.2) is 0 Å². The van der Waals surface area contributed by atoms with E-state index in [0.717, 1.165) is 28.3 Å². The Labute approximate surface area is 94.7 Å². The fourth-order valence-electron chi connectivity index (χ4n) is 1.91. The molecule has 5 heteroatoms. The number of hydrogen-bond donors (Lipinski definition) is 2. The molecule has 0 aromatic carbocycles. The first-order chi connectivity index (χ1) is 7.52. The second kappa shape index (κ2) is 3.66. The molecule has 2 heterocycles. The zero-order valence-corrected chi connectivity index (χ0v) is 10.1. The Kier molecular flexibility index (Phi) is 2.46. The summed E-state index contributed by atoms with van der Waals surface area (Å²) >= 11 is 0. The lowest BCUT2D eigenvalue weighted by atomic mass is 9.99. The van der Waals surface area contributed by atoms with Crippen LogP contribution in [0.2, 0.25) is 0 Å². The number of rotatable bonds is 2. The summed E-state index contributed by atoms with van der Waals surface area (Å²) in [5.74, 6) is 1.07. The van der Waals surface area contributed by atoms with Crippen molar-refractivity contribution in [2.24, 2.45) is 7.05 Å². The number of aryl methyl sites for hydroxylation is 2. The van der Waals surface area contributed by atoms with Gasteiger partial charge in [0.1, 0.15) is 11.5 Å². The molecule has 5 nitrogen and oxygen atoms in total. The Morgan fingerprint density at radius 2 is 2.12 bits per heavy atom. The number of anilines is 1. The summed E-state index contributed by atoms with van der Waals surface area (Å²) in [6, 6.07) is 0. The highest BCUT2D eigenvalue weighted by atomic mass is 15.3. The summed E-state index contributed by atoms with van der Waals surface area (Å²) in [5.41, 5.74) is 10.1. The van der Waals surface area contributed by atoms with Crippen molar-refractivity contribution in [1.82, 2.24) is 20.0 Å². The predicted octanol–water partition coefficient (Wildman–Crippen LogP) is 1.82. The molecule has 0 saturated heterocycles. The van der Waals surface area contributed by atoms with Gasteiger partial charge < -0.3 is 5.73 Å². The van der Waals surface area contributed by atoms with Gasteiger partial charge in [-0.2, -0.15) is 10.2 Å². The van der Waals surface area contributed by atoms with E-state index in [4.69, 9.17) is 5.73 Å². The molecule has 0 atom stereocenters. The van der Waals surface area contributed by atoms with E-state index in [-0.39, 0.29) is 0 Å². The molecule has 0 fully saturated rings. The maximum absolute atomic E-state index is 6.03. The minimum atomic E-state index is 0.345. The van der Waals surface area contributed by atoms with Crippen LogP contribution >= 0.6 is 0 Å². The SMILES string of the molecule is Cc1[nH]ncc1-c1nn(C)c(N)c1C(C)C. The van der Waals surface area contributed by atoms with Gasteiger partial charge in [-0.15, -0.1) is 0 Å². The minimum Gasteiger partial charge on any atom is -0.384 e. The smallest absolute Gasteiger partial charge is 0.125 e. The van der Waals surface area contributed by atoms with Crippen LogP contribution in [0.1, 0.15) is 31.0 Å². The van der Waals surface area contributed by atoms with E-state index in [0.29, 0.717) is 5.92 Å². The normalized spacial score (nSPS) is 11.3. The van der Waals surface area contributed by atoms with E-state index in [1.165, 1.54) is 0 Å². The van der Waals surface area contributed by atoms with Gasteiger partial charge in [-0.3, -0.25) is 9.78 Å². The molecule has 0 aliphatic rings. The van der Waals surface area contributed by atoms with Gasteiger partial charge in [-0.25, -0.2) is 0 Å². The second-order valence-electron chi connectivity index (χ2n) is 4.33. The van der Waals surface area contributed by atoms with Crippen LogP contribution in [0.3, 0.4) is 0 Å². The summed E-state index contributed by atoms with van der Waals surface area (Å²) in [6.07, 6.45) is 1.79. The second-order valence-corrected chi connectivity index (χ2v) is 4.33. The molecule has 0 unspecified atom stereocenters. The Bertz CT molecular complexity index is 506. The van der Waals surface area contributed by atoms with Gasteiger partial charge >= 0.3 is 0 Å². The van der Waals surface area contributed by atoms with Crippen LogP contribution in [0, 0.1) is 6.92 Å². The highest BCUT2D eigenvalue weighted by Gasteiger charge is 2.20. The molecule has 0 saturated carbocycles. The van der Waals surface area contributed by atoms with Crippen molar-refractivity contribution in [3.63, 3.8) is 0 Å². The van der Waals surface area contributed by atoms with Crippen LogP contribution < -0.4 is 5.73 Å². The average Bonchev–Trinajstić information content (AvgIpc) is 2.72. The molecular formula is C11H17N5. The van der Waals surface area contributed by atoms with Crippen molar-refractivity contribution >= 4 is 5.82 Å². The zero-order chi connectivity index (χ0) is 11.9. The standard InChI is InChI=1S/C11H17N5/c1-6(2)9-10(15-16(4)11(9)12)8-5-13-14-7(8)3/h5-6H,12H2,1-4H3,(H,13,14). The molecule has 2 aromatic rings. The number of H-pyrrole nitrogens is 1. The van der Waals surface area contributed by atoms with Crippen LogP contribution in [0.15, 0.2) is 6.20 Å². The van der Waals surface area contributed by atoms with E-state index >= 15 is 0 Å². The van der Waals surface area contributed by atoms with Crippen LogP contribution in [0.5, 0.6) is 0 Å². The topological polar surface area (TPSA) is 72.5 Å². The van der Waals surface area contributed by atoms with Crippen LogP contribution in [0.25, 0.3) is 11.3 Å². The Morgan fingerprint density at radius 3 is 2.62 bits per heavy atom. The third-order valence-electron chi connectivity index (χ3n) is 2.79. The fourth-order valence-corrected chi connectivity index (χ4v) is 1.91. The van der Waals surface area contributed by atoms with Crippen molar-refractivity contribution in [2.45, 2.75) is 26.7 Å². The third kappa shape index (κ3) is 1.48. The Morgan fingerprint density at radius 1 is 1.44 bits per heavy atom. The molecule has 0 aliphatic heterocycles. The lowest BCUT2D eigenvalue weighted by Crippen LogP contribution is -2.00. The van der Waals surface area contributed by atoms with E-state index in [2.05, 4.69) is 29.1 Å². The maximum Gasteiger partial charge on any atom is 0.125 e. The van der Waals surface area contributed by atoms with Crippen molar-refractivity contribution < 1.29 is 0 Å². The number of aromatic nitrogens is 4. The van der Waals surface area contributed by atoms with E-state index in [9.17, 15) is 0 Å². The van der Waals surface area contributed by atoms with Gasteiger partial charge in [-0.05, 0) is 12.8 Å². The van der Waals surface area contributed by atoms with Crippen molar-refractivity contribution in [2.75, 3.05) is 5.73 Å². The fraction of sp³-hybridized carbons (Fsp3) is 0.455. The molecule has 2 aromatic heterocycles. The largest absolute Gasteiger partial charge is 0.384 e. The summed E-state index contributed by atoms with van der Waals surface area (Å²) in [6.45, 7) is 6.22. The van der Waals surface area contributed by atoms with Crippen molar-refractivity contribution in [3.05, 3.63) is 17.5 Å². The first-order valence-corrected chi connectivity index (χ1v) is 5.35. The zero-order valence-electron chi connectivity index (χ0n) is 10.1. The monoisotopic (exact) mass is 219 g/mol. The highest BCUT2D eigenvalue weighted by molar-refractivity contribution is 5.70. The molecule has 16 heavy (non-hydrogen) atoms. The molecular weight excluding hydrogens is 202 g/mol. The van der Waals surface area contributed by atoms with Gasteiger partial charge in [0, 0.05) is 23.9 Å². The van der Waals surface area contributed by atoms with Crippen LogP contribution in [0.4, 0.5) is 5.82 Å². The summed E-state index contributed by atoms with van der Waals surface area (Å²) in [7, 11) is 1.86. The summed E-state index contributed by atoms with van der Waals surface area (Å²) in [4.78, 5) is 0. The van der Waals surface area contributed by atoms with Crippen molar-refractivity contribution in [1.29, 1.82) is 0 Å². The molecule has 3 N–H and O–H groups in total. The average molecular weight is 219 g/mol. The van der Waals surface area contributed by atoms with Crippen LogP contribution in [-0.2, 0) is 7.05 Å². The summed E-state index contributed by atoms with van der Waals surface area (Å²) < 4.78 is 1.72. The van der Waals surface area contributed by atoms with Gasteiger partial charge in [0.05, 0.1) is 6.20 Å². The number of nitrogens with one attached hydrogen (secondary N) is 1.